The first-order chi connectivity index (χ1) is 7.18. The molecule has 0 bridgehead atoms. The Kier molecular flexibility index (Phi) is 3.15. The minimum Gasteiger partial charge on any atom is -0.464 e. The molecular formula is C13H21NO. The Morgan fingerprint density at radius 2 is 1.93 bits per heavy atom. The molecule has 0 spiro atoms. The van der Waals surface area contributed by atoms with E-state index in [0.717, 1.165) is 11.5 Å². The van der Waals surface area contributed by atoms with Crippen LogP contribution in [0.3, 0.4) is 0 Å². The molecule has 1 aliphatic rings. The quantitative estimate of drug-likeness (QED) is 0.806. The van der Waals surface area contributed by atoms with E-state index < -0.39 is 0 Å². The van der Waals surface area contributed by atoms with E-state index in [-0.39, 0.29) is 6.04 Å². The molecule has 15 heavy (non-hydrogen) atoms. The van der Waals surface area contributed by atoms with Gasteiger partial charge in [0.05, 0.1) is 6.04 Å². The van der Waals surface area contributed by atoms with Gasteiger partial charge in [-0.3, -0.25) is 0 Å². The van der Waals surface area contributed by atoms with Crippen molar-refractivity contribution >= 4 is 0 Å². The molecule has 0 saturated heterocycles. The fraction of sp³-hybridized carbons (Fsp3) is 0.692. The van der Waals surface area contributed by atoms with Gasteiger partial charge in [0.15, 0.2) is 0 Å². The highest BCUT2D eigenvalue weighted by Crippen LogP contribution is 2.34. The summed E-state index contributed by atoms with van der Waals surface area (Å²) in [5.74, 6) is 2.62. The molecule has 0 unspecified atom stereocenters. The lowest BCUT2D eigenvalue weighted by Crippen LogP contribution is -2.23. The average molecular weight is 207 g/mol. The van der Waals surface area contributed by atoms with Gasteiger partial charge < -0.3 is 10.2 Å². The van der Waals surface area contributed by atoms with Crippen LogP contribution in [-0.2, 0) is 0 Å². The number of rotatable bonds is 2. The fourth-order valence-electron chi connectivity index (χ4n) is 2.49. The van der Waals surface area contributed by atoms with Gasteiger partial charge in [0.25, 0.3) is 0 Å². The zero-order valence-electron chi connectivity index (χ0n) is 9.75. The third-order valence-electron chi connectivity index (χ3n) is 3.67. The summed E-state index contributed by atoms with van der Waals surface area (Å²) < 4.78 is 5.70. The first-order valence-corrected chi connectivity index (χ1v) is 6.01. The van der Waals surface area contributed by atoms with Crippen LogP contribution in [0.4, 0.5) is 0 Å². The third kappa shape index (κ3) is 2.25. The Morgan fingerprint density at radius 3 is 2.47 bits per heavy atom. The summed E-state index contributed by atoms with van der Waals surface area (Å²) in [5.41, 5.74) is 7.48. The van der Waals surface area contributed by atoms with Gasteiger partial charge in [-0.05, 0) is 44.2 Å². The van der Waals surface area contributed by atoms with Crippen molar-refractivity contribution in [2.24, 2.45) is 11.7 Å². The van der Waals surface area contributed by atoms with E-state index in [0.29, 0.717) is 5.92 Å². The Hall–Kier alpha value is -0.760. The van der Waals surface area contributed by atoms with E-state index in [1.54, 1.807) is 0 Å². The molecular weight excluding hydrogens is 186 g/mol. The van der Waals surface area contributed by atoms with E-state index in [9.17, 15) is 0 Å². The summed E-state index contributed by atoms with van der Waals surface area (Å²) in [7, 11) is 0. The van der Waals surface area contributed by atoms with Crippen molar-refractivity contribution in [2.45, 2.75) is 52.0 Å². The highest BCUT2D eigenvalue weighted by molar-refractivity contribution is 5.21. The van der Waals surface area contributed by atoms with E-state index in [1.807, 2.05) is 6.92 Å². The molecule has 2 rings (SSSR count). The van der Waals surface area contributed by atoms with Gasteiger partial charge in [-0.1, -0.05) is 19.3 Å². The summed E-state index contributed by atoms with van der Waals surface area (Å²) in [6.07, 6.45) is 6.56. The predicted molar refractivity (Wildman–Crippen MR) is 61.7 cm³/mol. The zero-order chi connectivity index (χ0) is 10.8. The molecule has 0 aromatic carbocycles. The lowest BCUT2D eigenvalue weighted by atomic mass is 9.83. The lowest BCUT2D eigenvalue weighted by molar-refractivity contribution is 0.278. The maximum Gasteiger partial charge on any atom is 0.121 e. The second-order valence-electron chi connectivity index (χ2n) is 4.81. The van der Waals surface area contributed by atoms with Gasteiger partial charge >= 0.3 is 0 Å². The van der Waals surface area contributed by atoms with Gasteiger partial charge in [0, 0.05) is 0 Å². The third-order valence-corrected chi connectivity index (χ3v) is 3.67. The minimum absolute atomic E-state index is 0.109. The van der Waals surface area contributed by atoms with Crippen molar-refractivity contribution in [2.75, 3.05) is 0 Å². The molecule has 1 aromatic heterocycles. The molecule has 1 saturated carbocycles. The van der Waals surface area contributed by atoms with Crippen molar-refractivity contribution < 1.29 is 4.42 Å². The van der Waals surface area contributed by atoms with E-state index in [1.165, 1.54) is 37.7 Å². The highest BCUT2D eigenvalue weighted by atomic mass is 16.3. The second-order valence-corrected chi connectivity index (χ2v) is 4.81. The van der Waals surface area contributed by atoms with Crippen LogP contribution in [0.5, 0.6) is 0 Å². The van der Waals surface area contributed by atoms with Gasteiger partial charge in [-0.2, -0.15) is 0 Å². The second kappa shape index (κ2) is 4.40. The monoisotopic (exact) mass is 207 g/mol. The largest absolute Gasteiger partial charge is 0.464 e. The Bertz CT molecular complexity index is 304. The topological polar surface area (TPSA) is 39.2 Å². The fourth-order valence-corrected chi connectivity index (χ4v) is 2.49. The minimum atomic E-state index is 0.109. The molecule has 1 fully saturated rings. The molecule has 0 aliphatic heterocycles. The summed E-state index contributed by atoms with van der Waals surface area (Å²) >= 11 is 0. The number of aryl methyl sites for hydroxylation is 2. The average Bonchev–Trinajstić information content (AvgIpc) is 2.59. The van der Waals surface area contributed by atoms with Gasteiger partial charge in [0.1, 0.15) is 11.5 Å². The smallest absolute Gasteiger partial charge is 0.121 e. The van der Waals surface area contributed by atoms with Crippen molar-refractivity contribution in [3.05, 3.63) is 23.2 Å². The zero-order valence-corrected chi connectivity index (χ0v) is 9.75. The molecule has 0 amide bonds. The van der Waals surface area contributed by atoms with Crippen LogP contribution in [-0.4, -0.2) is 0 Å². The molecule has 2 N–H and O–H groups in total. The van der Waals surface area contributed by atoms with Crippen LogP contribution in [0.2, 0.25) is 0 Å². The van der Waals surface area contributed by atoms with E-state index in [4.69, 9.17) is 10.2 Å². The standard InChI is InChI=1S/C13H21NO/c1-9-8-12(15-10(9)2)13(14)11-6-4-3-5-7-11/h8,11,13H,3-7,14H2,1-2H3/t13-/m0/s1. The van der Waals surface area contributed by atoms with Gasteiger partial charge in [0.2, 0.25) is 0 Å². The molecule has 1 heterocycles. The summed E-state index contributed by atoms with van der Waals surface area (Å²) in [5, 5.41) is 0. The molecule has 2 heteroatoms. The highest BCUT2D eigenvalue weighted by Gasteiger charge is 2.24. The van der Waals surface area contributed by atoms with Crippen LogP contribution in [0.25, 0.3) is 0 Å². The number of hydrogen-bond acceptors (Lipinski definition) is 2. The van der Waals surface area contributed by atoms with Gasteiger partial charge in [-0.15, -0.1) is 0 Å². The van der Waals surface area contributed by atoms with Crippen LogP contribution in [0.15, 0.2) is 10.5 Å². The molecule has 2 nitrogen and oxygen atoms in total. The lowest BCUT2D eigenvalue weighted by Gasteiger charge is -2.26. The maximum absolute atomic E-state index is 6.26. The van der Waals surface area contributed by atoms with E-state index in [2.05, 4.69) is 13.0 Å². The van der Waals surface area contributed by atoms with Crippen LogP contribution in [0, 0.1) is 19.8 Å². The van der Waals surface area contributed by atoms with Crippen molar-refractivity contribution in [1.82, 2.24) is 0 Å². The van der Waals surface area contributed by atoms with Crippen molar-refractivity contribution in [3.8, 4) is 0 Å². The van der Waals surface area contributed by atoms with Crippen LogP contribution < -0.4 is 5.73 Å². The first kappa shape index (κ1) is 10.7. The normalized spacial score (nSPS) is 20.5. The Morgan fingerprint density at radius 1 is 1.27 bits per heavy atom. The number of nitrogens with two attached hydrogens (primary N) is 1. The summed E-state index contributed by atoms with van der Waals surface area (Å²) in [4.78, 5) is 0. The van der Waals surface area contributed by atoms with Crippen molar-refractivity contribution in [3.63, 3.8) is 0 Å². The first-order valence-electron chi connectivity index (χ1n) is 6.01. The molecule has 1 aromatic rings. The maximum atomic E-state index is 6.26. The Labute approximate surface area is 91.8 Å². The Balaban J connectivity index is 2.08. The summed E-state index contributed by atoms with van der Waals surface area (Å²) in [6, 6.07) is 2.21. The molecule has 84 valence electrons. The van der Waals surface area contributed by atoms with E-state index >= 15 is 0 Å². The van der Waals surface area contributed by atoms with Crippen LogP contribution in [0.1, 0.15) is 55.2 Å². The SMILES string of the molecule is Cc1cc([C@@H](N)C2CCCCC2)oc1C. The number of hydrogen-bond donors (Lipinski definition) is 1. The van der Waals surface area contributed by atoms with Crippen LogP contribution >= 0.6 is 0 Å². The molecule has 1 atom stereocenters. The molecule has 1 aliphatic carbocycles. The number of furan rings is 1. The predicted octanol–water partition coefficient (Wildman–Crippen LogP) is 3.48. The summed E-state index contributed by atoms with van der Waals surface area (Å²) in [6.45, 7) is 4.09. The van der Waals surface area contributed by atoms with Crippen molar-refractivity contribution in [1.29, 1.82) is 0 Å². The molecule has 0 radical (unpaired) electrons. The van der Waals surface area contributed by atoms with Gasteiger partial charge in [-0.25, -0.2) is 0 Å².